The van der Waals surface area contributed by atoms with Crippen LogP contribution < -0.4 is 4.74 Å². The van der Waals surface area contributed by atoms with Crippen molar-refractivity contribution in [1.29, 1.82) is 0 Å². The fraction of sp³-hybridized carbons (Fsp3) is 0.350. The Morgan fingerprint density at radius 3 is 2.61 bits per heavy atom. The van der Waals surface area contributed by atoms with Crippen LogP contribution in [0.15, 0.2) is 47.4 Å². The van der Waals surface area contributed by atoms with Crippen molar-refractivity contribution < 1.29 is 27.8 Å². The molecule has 0 spiro atoms. The first-order valence-electron chi connectivity index (χ1n) is 8.72. The third-order valence-electron chi connectivity index (χ3n) is 5.10. The van der Waals surface area contributed by atoms with E-state index < -0.39 is 23.3 Å². The highest BCUT2D eigenvalue weighted by Gasteiger charge is 2.48. The van der Waals surface area contributed by atoms with Gasteiger partial charge in [0, 0.05) is 22.6 Å². The van der Waals surface area contributed by atoms with Crippen LogP contribution in [0, 0.1) is 0 Å². The molecular weight excluding hydrogens is 391 g/mol. The number of ether oxygens (including phenoxy) is 1. The minimum Gasteiger partial charge on any atom is -0.485 e. The van der Waals surface area contributed by atoms with Crippen LogP contribution in [0.2, 0.25) is 0 Å². The van der Waals surface area contributed by atoms with Gasteiger partial charge in [-0.3, -0.25) is 4.79 Å². The number of hydrogen-bond acceptors (Lipinski definition) is 4. The first kappa shape index (κ1) is 19.1. The van der Waals surface area contributed by atoms with E-state index in [-0.39, 0.29) is 29.1 Å². The molecule has 2 aliphatic heterocycles. The van der Waals surface area contributed by atoms with Crippen LogP contribution in [-0.4, -0.2) is 33.1 Å². The second-order valence-electron chi connectivity index (χ2n) is 7.43. The number of nitrogens with zero attached hydrogens (tertiary/aromatic N) is 1. The molecule has 0 saturated carbocycles. The number of halogens is 3. The standard InChI is InChI=1S/C20H18F3NO3S/c1-19(2)17(25)16(24-10-11-5-3-4-6-13(11)18(24)26)14-9-12(28-20(21,22)23)7-8-15(14)27-19/h3-9,16-17,25H,10H2,1-2H3. The minimum atomic E-state index is -4.43. The molecule has 2 atom stereocenters. The van der Waals surface area contributed by atoms with E-state index in [1.165, 1.54) is 23.1 Å². The van der Waals surface area contributed by atoms with Crippen LogP contribution in [0.1, 0.15) is 41.4 Å². The normalized spacial score (nSPS) is 23.2. The molecule has 28 heavy (non-hydrogen) atoms. The van der Waals surface area contributed by atoms with E-state index in [1.807, 2.05) is 12.1 Å². The largest absolute Gasteiger partial charge is 0.485 e. The highest BCUT2D eigenvalue weighted by molar-refractivity contribution is 8.00. The summed E-state index contributed by atoms with van der Waals surface area (Å²) in [5.74, 6) is 0.118. The lowest BCUT2D eigenvalue weighted by atomic mass is 9.85. The van der Waals surface area contributed by atoms with Gasteiger partial charge >= 0.3 is 5.51 Å². The maximum absolute atomic E-state index is 13.0. The number of aliphatic hydroxyl groups is 1. The van der Waals surface area contributed by atoms with Crippen molar-refractivity contribution in [1.82, 2.24) is 4.90 Å². The van der Waals surface area contributed by atoms with E-state index in [9.17, 15) is 23.1 Å². The Labute approximate surface area is 164 Å². The molecule has 2 unspecified atom stereocenters. The van der Waals surface area contributed by atoms with E-state index in [4.69, 9.17) is 4.74 Å². The molecule has 148 valence electrons. The van der Waals surface area contributed by atoms with Crippen molar-refractivity contribution >= 4 is 17.7 Å². The van der Waals surface area contributed by atoms with Crippen molar-refractivity contribution in [2.45, 2.75) is 48.5 Å². The summed E-state index contributed by atoms with van der Waals surface area (Å²) >= 11 is -0.233. The lowest BCUT2D eigenvalue weighted by Crippen LogP contribution is -2.53. The molecule has 0 aromatic heterocycles. The molecule has 0 radical (unpaired) electrons. The molecule has 1 N–H and O–H groups in total. The van der Waals surface area contributed by atoms with E-state index in [0.29, 0.717) is 16.9 Å². The van der Waals surface area contributed by atoms with Gasteiger partial charge in [-0.25, -0.2) is 0 Å². The Balaban J connectivity index is 1.79. The van der Waals surface area contributed by atoms with E-state index in [2.05, 4.69) is 0 Å². The molecule has 4 nitrogen and oxygen atoms in total. The number of fused-ring (bicyclic) bond motifs is 2. The zero-order chi connectivity index (χ0) is 20.3. The lowest BCUT2D eigenvalue weighted by Gasteiger charge is -2.45. The number of rotatable bonds is 2. The summed E-state index contributed by atoms with van der Waals surface area (Å²) in [7, 11) is 0. The Morgan fingerprint density at radius 1 is 1.21 bits per heavy atom. The summed E-state index contributed by atoms with van der Waals surface area (Å²) in [4.78, 5) is 14.5. The number of carbonyl (C=O) groups excluding carboxylic acids is 1. The molecule has 2 aromatic rings. The fourth-order valence-corrected chi connectivity index (χ4v) is 4.37. The van der Waals surface area contributed by atoms with Gasteiger partial charge in [0.1, 0.15) is 17.5 Å². The van der Waals surface area contributed by atoms with Gasteiger partial charge in [-0.2, -0.15) is 13.2 Å². The quantitative estimate of drug-likeness (QED) is 0.741. The Kier molecular flexibility index (Phi) is 4.39. The van der Waals surface area contributed by atoms with Crippen LogP contribution in [0.25, 0.3) is 0 Å². The van der Waals surface area contributed by atoms with Crippen LogP contribution in [0.4, 0.5) is 13.2 Å². The monoisotopic (exact) mass is 409 g/mol. The van der Waals surface area contributed by atoms with E-state index in [0.717, 1.165) is 5.56 Å². The molecule has 2 aliphatic rings. The van der Waals surface area contributed by atoms with Gasteiger partial charge in [-0.15, -0.1) is 0 Å². The van der Waals surface area contributed by atoms with Crippen LogP contribution in [-0.2, 0) is 6.54 Å². The van der Waals surface area contributed by atoms with Gasteiger partial charge in [-0.1, -0.05) is 18.2 Å². The van der Waals surface area contributed by atoms with Crippen LogP contribution in [0.3, 0.4) is 0 Å². The second kappa shape index (κ2) is 6.42. The number of carbonyl (C=O) groups is 1. The lowest BCUT2D eigenvalue weighted by molar-refractivity contribution is -0.0869. The van der Waals surface area contributed by atoms with Crippen molar-refractivity contribution in [2.75, 3.05) is 0 Å². The number of benzene rings is 2. The fourth-order valence-electron chi connectivity index (χ4n) is 3.78. The third-order valence-corrected chi connectivity index (χ3v) is 5.82. The summed E-state index contributed by atoms with van der Waals surface area (Å²) in [6, 6.07) is 10.5. The molecule has 2 aromatic carbocycles. The van der Waals surface area contributed by atoms with Gasteiger partial charge in [0.15, 0.2) is 0 Å². The van der Waals surface area contributed by atoms with Crippen molar-refractivity contribution in [3.63, 3.8) is 0 Å². The summed E-state index contributed by atoms with van der Waals surface area (Å²) in [6.45, 7) is 3.67. The van der Waals surface area contributed by atoms with Gasteiger partial charge in [-0.05, 0) is 55.4 Å². The molecule has 4 rings (SSSR count). The maximum atomic E-state index is 13.0. The minimum absolute atomic E-state index is 0.0177. The van der Waals surface area contributed by atoms with Gasteiger partial charge < -0.3 is 14.7 Å². The summed E-state index contributed by atoms with van der Waals surface area (Å²) in [5.41, 5.74) is -3.70. The van der Waals surface area contributed by atoms with Gasteiger partial charge in [0.2, 0.25) is 0 Å². The smallest absolute Gasteiger partial charge is 0.446 e. The average Bonchev–Trinajstić information content (AvgIpc) is 2.92. The van der Waals surface area contributed by atoms with Crippen LogP contribution in [0.5, 0.6) is 5.75 Å². The Hall–Kier alpha value is -2.19. The zero-order valence-corrected chi connectivity index (χ0v) is 16.0. The predicted octanol–water partition coefficient (Wildman–Crippen LogP) is 4.53. The molecule has 0 bridgehead atoms. The molecule has 2 heterocycles. The molecule has 0 fully saturated rings. The highest BCUT2D eigenvalue weighted by Crippen LogP contribution is 2.47. The summed E-state index contributed by atoms with van der Waals surface area (Å²) in [5, 5.41) is 11.0. The number of alkyl halides is 3. The Morgan fingerprint density at radius 2 is 1.93 bits per heavy atom. The van der Waals surface area contributed by atoms with Crippen molar-refractivity contribution in [3.8, 4) is 5.75 Å². The predicted molar refractivity (Wildman–Crippen MR) is 98.1 cm³/mol. The molecular formula is C20H18F3NO3S. The van der Waals surface area contributed by atoms with Gasteiger partial charge in [0.25, 0.3) is 5.91 Å². The Bertz CT molecular complexity index is 945. The maximum Gasteiger partial charge on any atom is 0.446 e. The third kappa shape index (κ3) is 3.24. The second-order valence-corrected chi connectivity index (χ2v) is 8.57. The van der Waals surface area contributed by atoms with E-state index >= 15 is 0 Å². The summed E-state index contributed by atoms with van der Waals surface area (Å²) < 4.78 is 44.3. The van der Waals surface area contributed by atoms with Crippen molar-refractivity contribution in [3.05, 3.63) is 59.2 Å². The number of thioether (sulfide) groups is 1. The molecule has 0 saturated heterocycles. The first-order valence-corrected chi connectivity index (χ1v) is 9.54. The zero-order valence-electron chi connectivity index (χ0n) is 15.2. The van der Waals surface area contributed by atoms with E-state index in [1.54, 1.807) is 26.0 Å². The number of hydrogen-bond donors (Lipinski definition) is 1. The topological polar surface area (TPSA) is 49.8 Å². The average molecular weight is 409 g/mol. The molecule has 0 aliphatic carbocycles. The summed E-state index contributed by atoms with van der Waals surface area (Å²) in [6.07, 6.45) is -1.11. The van der Waals surface area contributed by atoms with Gasteiger partial charge in [0.05, 0.1) is 6.04 Å². The van der Waals surface area contributed by atoms with Crippen molar-refractivity contribution in [2.24, 2.45) is 0 Å². The molecule has 8 heteroatoms. The highest BCUT2D eigenvalue weighted by atomic mass is 32.2. The van der Waals surface area contributed by atoms with Crippen LogP contribution >= 0.6 is 11.8 Å². The number of amides is 1. The number of aliphatic hydroxyl groups excluding tert-OH is 1. The SMILES string of the molecule is CC1(C)Oc2ccc(SC(F)(F)F)cc2C(N2Cc3ccccc3C2=O)C1O. The first-order chi connectivity index (χ1) is 13.1. The molecule has 1 amide bonds.